The first-order valence-corrected chi connectivity index (χ1v) is 8.02. The number of Topliss-reactive ketones (excluding diaryl/α,β-unsaturated/α-hetero) is 1. The average molecular weight is 481 g/mol. The van der Waals surface area contributed by atoms with Crippen molar-refractivity contribution < 1.29 is 93.8 Å². The van der Waals surface area contributed by atoms with E-state index in [0.29, 0.717) is 12.1 Å². The number of aliphatic carboxylic acids is 1. The molecule has 1 atom stereocenters. The Balaban J connectivity index is 0.00000450. The third-order valence-corrected chi connectivity index (χ3v) is 4.40. The number of benzene rings is 1. The van der Waals surface area contributed by atoms with Crippen molar-refractivity contribution in [1.29, 1.82) is 0 Å². The average Bonchev–Trinajstić information content (AvgIpc) is 2.61. The second kappa shape index (κ2) is 9.63. The number of halogens is 7. The number of nitrogens with zero attached hydrogens (tertiary/aromatic N) is 1. The predicted octanol–water partition coefficient (Wildman–Crippen LogP) is 1.05. The van der Waals surface area contributed by atoms with Crippen LogP contribution in [-0.2, 0) is 22.6 Å². The standard InChI is InChI=1S/C17H11ClF6N2O3.K.H/c18-11-5-8(16(19,20)21)6-26-12(11)15(7-25,14(28)29)13(27)9-3-1-2-4-10(9)17(22,23)24;;/h1-6H,7,25H2,(H,28,29);;/q;+1;-1. The van der Waals surface area contributed by atoms with Crippen LogP contribution in [0.15, 0.2) is 36.5 Å². The summed E-state index contributed by atoms with van der Waals surface area (Å²) in [5.74, 6) is -3.63. The number of pyridine rings is 1. The Bertz CT molecular complexity index is 974. The van der Waals surface area contributed by atoms with Crippen molar-refractivity contribution in [3.05, 3.63) is 63.9 Å². The zero-order chi connectivity index (χ0) is 22.2. The van der Waals surface area contributed by atoms with Gasteiger partial charge in [0.25, 0.3) is 0 Å². The topological polar surface area (TPSA) is 93.3 Å². The minimum Gasteiger partial charge on any atom is -1.00 e. The third kappa shape index (κ3) is 5.06. The predicted molar refractivity (Wildman–Crippen MR) is 89.5 cm³/mol. The summed E-state index contributed by atoms with van der Waals surface area (Å²) in [7, 11) is 0. The summed E-state index contributed by atoms with van der Waals surface area (Å²) < 4.78 is 78.2. The van der Waals surface area contributed by atoms with Gasteiger partial charge in [-0.3, -0.25) is 14.6 Å². The number of carboxylic acid groups (broad SMARTS) is 1. The first kappa shape index (κ1) is 27.0. The fourth-order valence-corrected chi connectivity index (χ4v) is 2.98. The molecule has 2 aromatic rings. The molecule has 0 radical (unpaired) electrons. The molecule has 1 aromatic carbocycles. The summed E-state index contributed by atoms with van der Waals surface area (Å²) in [4.78, 5) is 28.3. The number of carboxylic acids is 1. The Kier molecular flexibility index (Phi) is 8.67. The van der Waals surface area contributed by atoms with Crippen LogP contribution in [0.4, 0.5) is 26.3 Å². The Morgan fingerprint density at radius 2 is 1.67 bits per heavy atom. The molecule has 1 aromatic heterocycles. The van der Waals surface area contributed by atoms with Crippen LogP contribution < -0.4 is 57.1 Å². The molecular formula is C17H12ClF6KN2O3. The van der Waals surface area contributed by atoms with Gasteiger partial charge < -0.3 is 12.3 Å². The molecule has 2 rings (SSSR count). The first-order valence-electron chi connectivity index (χ1n) is 7.64. The van der Waals surface area contributed by atoms with Crippen LogP contribution in [0.5, 0.6) is 0 Å². The van der Waals surface area contributed by atoms with Crippen LogP contribution in [0, 0.1) is 0 Å². The van der Waals surface area contributed by atoms with Gasteiger partial charge in [0, 0.05) is 18.3 Å². The van der Waals surface area contributed by atoms with E-state index in [0.717, 1.165) is 18.2 Å². The maximum absolute atomic E-state index is 13.3. The molecule has 3 N–H and O–H groups in total. The molecule has 1 heterocycles. The van der Waals surface area contributed by atoms with E-state index in [9.17, 15) is 41.0 Å². The number of nitrogens with two attached hydrogens (primary N) is 1. The summed E-state index contributed by atoms with van der Waals surface area (Å²) in [6.07, 6.45) is -9.67. The Morgan fingerprint density at radius 3 is 2.10 bits per heavy atom. The monoisotopic (exact) mass is 480 g/mol. The number of ketones is 1. The van der Waals surface area contributed by atoms with Crippen molar-refractivity contribution in [3.8, 4) is 0 Å². The molecule has 1 unspecified atom stereocenters. The fourth-order valence-electron chi connectivity index (χ4n) is 2.65. The summed E-state index contributed by atoms with van der Waals surface area (Å²) in [6, 6.07) is 3.65. The number of aromatic nitrogens is 1. The van der Waals surface area contributed by atoms with Gasteiger partial charge in [0.15, 0.2) is 11.2 Å². The van der Waals surface area contributed by atoms with E-state index >= 15 is 0 Å². The van der Waals surface area contributed by atoms with Crippen molar-refractivity contribution in [3.63, 3.8) is 0 Å². The number of rotatable bonds is 5. The van der Waals surface area contributed by atoms with Gasteiger partial charge in [-0.15, -0.1) is 0 Å². The second-order valence-electron chi connectivity index (χ2n) is 5.84. The zero-order valence-electron chi connectivity index (χ0n) is 16.1. The molecule has 0 aliphatic carbocycles. The smallest absolute Gasteiger partial charge is 1.00 e. The van der Waals surface area contributed by atoms with E-state index in [1.165, 1.54) is 0 Å². The van der Waals surface area contributed by atoms with Gasteiger partial charge in [0.1, 0.15) is 0 Å². The van der Waals surface area contributed by atoms with Crippen molar-refractivity contribution in [2.45, 2.75) is 17.8 Å². The van der Waals surface area contributed by atoms with Crippen molar-refractivity contribution >= 4 is 23.4 Å². The van der Waals surface area contributed by atoms with Crippen LogP contribution >= 0.6 is 11.6 Å². The quantitative estimate of drug-likeness (QED) is 0.289. The maximum Gasteiger partial charge on any atom is 1.00 e. The second-order valence-corrected chi connectivity index (χ2v) is 6.25. The molecule has 13 heteroatoms. The van der Waals surface area contributed by atoms with E-state index in [-0.39, 0.29) is 59.0 Å². The Hall–Kier alpha value is -1.02. The van der Waals surface area contributed by atoms with Gasteiger partial charge in [0.2, 0.25) is 0 Å². The van der Waals surface area contributed by atoms with E-state index in [2.05, 4.69) is 4.98 Å². The molecule has 0 amide bonds. The van der Waals surface area contributed by atoms with Crippen molar-refractivity contribution in [2.75, 3.05) is 6.54 Å². The van der Waals surface area contributed by atoms with Gasteiger partial charge in [-0.25, -0.2) is 0 Å². The van der Waals surface area contributed by atoms with E-state index in [1.807, 2.05) is 0 Å². The normalized spacial score (nSPS) is 13.9. The summed E-state index contributed by atoms with van der Waals surface area (Å²) in [6.45, 7) is -1.11. The molecule has 30 heavy (non-hydrogen) atoms. The molecule has 0 aliphatic heterocycles. The summed E-state index contributed by atoms with van der Waals surface area (Å²) in [5, 5.41) is 8.77. The molecule has 0 saturated heterocycles. The molecule has 0 spiro atoms. The molecule has 0 aliphatic rings. The van der Waals surface area contributed by atoms with Crippen LogP contribution in [0.2, 0.25) is 5.02 Å². The zero-order valence-corrected chi connectivity index (χ0v) is 19.0. The number of carbonyl (C=O) groups excluding carboxylic acids is 1. The van der Waals surface area contributed by atoms with Crippen molar-refractivity contribution in [2.24, 2.45) is 5.73 Å². The van der Waals surface area contributed by atoms with Gasteiger partial charge in [-0.2, -0.15) is 26.3 Å². The summed E-state index contributed by atoms with van der Waals surface area (Å²) >= 11 is 5.75. The number of alkyl halides is 6. The maximum atomic E-state index is 13.3. The van der Waals surface area contributed by atoms with Crippen LogP contribution in [0.1, 0.15) is 28.6 Å². The molecular weight excluding hydrogens is 469 g/mol. The minimum absolute atomic E-state index is 0. The Labute approximate surface area is 214 Å². The largest absolute Gasteiger partial charge is 1.00 e. The number of carbonyl (C=O) groups is 2. The SMILES string of the molecule is NCC(C(=O)O)(C(=O)c1ccccc1C(F)(F)F)c1ncc(C(F)(F)F)cc1Cl.[H-].[K+]. The van der Waals surface area contributed by atoms with Crippen molar-refractivity contribution in [1.82, 2.24) is 4.98 Å². The minimum atomic E-state index is -5.01. The van der Waals surface area contributed by atoms with Crippen LogP contribution in [0.25, 0.3) is 0 Å². The van der Waals surface area contributed by atoms with E-state index in [1.54, 1.807) is 0 Å². The molecule has 5 nitrogen and oxygen atoms in total. The number of hydrogen-bond donors (Lipinski definition) is 2. The van der Waals surface area contributed by atoms with Gasteiger partial charge in [-0.05, 0) is 12.1 Å². The Morgan fingerprint density at radius 1 is 1.10 bits per heavy atom. The van der Waals surface area contributed by atoms with Gasteiger partial charge in [-0.1, -0.05) is 29.8 Å². The van der Waals surface area contributed by atoms with E-state index in [4.69, 9.17) is 17.3 Å². The molecule has 0 saturated carbocycles. The first-order chi connectivity index (χ1) is 13.3. The number of hydrogen-bond acceptors (Lipinski definition) is 4. The van der Waals surface area contributed by atoms with Crippen LogP contribution in [0.3, 0.4) is 0 Å². The molecule has 0 bridgehead atoms. The summed E-state index contributed by atoms with van der Waals surface area (Å²) in [5.41, 5.74) is -2.23. The molecule has 158 valence electrons. The van der Waals surface area contributed by atoms with Gasteiger partial charge >= 0.3 is 69.7 Å². The van der Waals surface area contributed by atoms with E-state index < -0.39 is 63.5 Å². The van der Waals surface area contributed by atoms with Crippen LogP contribution in [-0.4, -0.2) is 28.4 Å². The molecule has 0 fully saturated rings. The van der Waals surface area contributed by atoms with Gasteiger partial charge in [0.05, 0.1) is 21.8 Å². The fraction of sp³-hybridized carbons (Fsp3) is 0.235. The third-order valence-electron chi connectivity index (χ3n) is 4.11.